The maximum atomic E-state index is 8.90. The van der Waals surface area contributed by atoms with Crippen molar-refractivity contribution in [1.29, 1.82) is 5.26 Å². The second-order valence-corrected chi connectivity index (χ2v) is 6.25. The van der Waals surface area contributed by atoms with E-state index >= 15 is 0 Å². The van der Waals surface area contributed by atoms with E-state index < -0.39 is 0 Å². The summed E-state index contributed by atoms with van der Waals surface area (Å²) in [6.45, 7) is 1.34. The average Bonchev–Trinajstić information content (AvgIpc) is 3.10. The van der Waals surface area contributed by atoms with Gasteiger partial charge in [-0.05, 0) is 47.5 Å². The second kappa shape index (κ2) is 7.16. The number of hydrogen-bond donors (Lipinski definition) is 0. The summed E-state index contributed by atoms with van der Waals surface area (Å²) in [5, 5.41) is 10.1. The van der Waals surface area contributed by atoms with E-state index in [0.717, 1.165) is 23.2 Å². The zero-order valence-corrected chi connectivity index (χ0v) is 14.3. The van der Waals surface area contributed by atoms with Gasteiger partial charge in [-0.3, -0.25) is 0 Å². The third kappa shape index (κ3) is 3.45. The van der Waals surface area contributed by atoms with E-state index in [1.54, 1.807) is 0 Å². The summed E-state index contributed by atoms with van der Waals surface area (Å²) in [5.41, 5.74) is 4.18. The molecule has 0 fully saturated rings. The lowest BCUT2D eigenvalue weighted by Gasteiger charge is -2.08. The summed E-state index contributed by atoms with van der Waals surface area (Å²) < 4.78 is 8.12. The van der Waals surface area contributed by atoms with Crippen LogP contribution >= 0.6 is 0 Å². The lowest BCUT2D eigenvalue weighted by Crippen LogP contribution is -1.98. The van der Waals surface area contributed by atoms with Crippen molar-refractivity contribution in [2.75, 3.05) is 0 Å². The molecule has 1 heterocycles. The molecule has 1 aromatic heterocycles. The monoisotopic (exact) mass is 338 g/mol. The minimum atomic E-state index is 0.568. The van der Waals surface area contributed by atoms with Crippen molar-refractivity contribution in [3.8, 4) is 11.8 Å². The molecule has 3 heteroatoms. The van der Waals surface area contributed by atoms with E-state index in [1.165, 1.54) is 11.1 Å². The summed E-state index contributed by atoms with van der Waals surface area (Å²) in [6.07, 6.45) is 2.09. The Morgan fingerprint density at radius 2 is 1.65 bits per heavy atom. The molecule has 0 N–H and O–H groups in total. The van der Waals surface area contributed by atoms with Crippen LogP contribution in [0.4, 0.5) is 0 Å². The Labute approximate surface area is 152 Å². The fraction of sp³-hybridized carbons (Fsp3) is 0.0870. The largest absolute Gasteiger partial charge is 0.489 e. The van der Waals surface area contributed by atoms with Gasteiger partial charge in [0.2, 0.25) is 0 Å². The standard InChI is InChI=1S/C23H18N2O/c24-15-18-6-8-19(9-7-18)16-25-13-12-21-14-22(10-11-23(21)25)26-17-20-4-2-1-3-5-20/h1-14H,16-17H2. The van der Waals surface area contributed by atoms with Gasteiger partial charge in [0, 0.05) is 23.6 Å². The van der Waals surface area contributed by atoms with Crippen LogP contribution in [0.15, 0.2) is 85.1 Å². The van der Waals surface area contributed by atoms with Gasteiger partial charge >= 0.3 is 0 Å². The molecular weight excluding hydrogens is 320 g/mol. The van der Waals surface area contributed by atoms with E-state index in [4.69, 9.17) is 10.00 Å². The smallest absolute Gasteiger partial charge is 0.120 e. The van der Waals surface area contributed by atoms with Crippen LogP contribution in [0.25, 0.3) is 10.9 Å². The van der Waals surface area contributed by atoms with Gasteiger partial charge in [0.15, 0.2) is 0 Å². The van der Waals surface area contributed by atoms with Gasteiger partial charge < -0.3 is 9.30 Å². The Balaban J connectivity index is 1.50. The van der Waals surface area contributed by atoms with Crippen LogP contribution in [-0.4, -0.2) is 4.57 Å². The summed E-state index contributed by atoms with van der Waals surface area (Å²) in [7, 11) is 0. The zero-order valence-electron chi connectivity index (χ0n) is 14.3. The number of nitriles is 1. The fourth-order valence-corrected chi connectivity index (χ4v) is 3.03. The molecule has 0 aliphatic rings. The number of rotatable bonds is 5. The minimum absolute atomic E-state index is 0.568. The highest BCUT2D eigenvalue weighted by atomic mass is 16.5. The van der Waals surface area contributed by atoms with Gasteiger partial charge in [0.05, 0.1) is 11.6 Å². The molecule has 0 atom stereocenters. The van der Waals surface area contributed by atoms with E-state index in [2.05, 4.69) is 47.2 Å². The number of ether oxygens (including phenoxy) is 1. The van der Waals surface area contributed by atoms with Crippen LogP contribution < -0.4 is 4.74 Å². The first-order valence-electron chi connectivity index (χ1n) is 8.56. The molecule has 0 saturated heterocycles. The number of benzene rings is 3. The van der Waals surface area contributed by atoms with E-state index in [9.17, 15) is 0 Å². The van der Waals surface area contributed by atoms with Crippen molar-refractivity contribution >= 4 is 10.9 Å². The van der Waals surface area contributed by atoms with Crippen molar-refractivity contribution in [1.82, 2.24) is 4.57 Å². The SMILES string of the molecule is N#Cc1ccc(Cn2ccc3cc(OCc4ccccc4)ccc32)cc1. The number of nitrogens with zero attached hydrogens (tertiary/aromatic N) is 2. The highest BCUT2D eigenvalue weighted by Gasteiger charge is 2.04. The maximum absolute atomic E-state index is 8.90. The minimum Gasteiger partial charge on any atom is -0.489 e. The molecule has 0 saturated carbocycles. The first kappa shape index (κ1) is 16.0. The van der Waals surface area contributed by atoms with Crippen molar-refractivity contribution in [2.45, 2.75) is 13.2 Å². The normalized spacial score (nSPS) is 10.6. The zero-order chi connectivity index (χ0) is 17.8. The van der Waals surface area contributed by atoms with Gasteiger partial charge in [0.25, 0.3) is 0 Å². The Morgan fingerprint density at radius 1 is 0.846 bits per heavy atom. The molecule has 126 valence electrons. The Hall–Kier alpha value is -3.51. The van der Waals surface area contributed by atoms with Crippen LogP contribution in [0.2, 0.25) is 0 Å². The lowest BCUT2D eigenvalue weighted by molar-refractivity contribution is 0.306. The Kier molecular flexibility index (Phi) is 4.40. The molecule has 4 aromatic rings. The van der Waals surface area contributed by atoms with Gasteiger partial charge in [-0.1, -0.05) is 42.5 Å². The van der Waals surface area contributed by atoms with Crippen LogP contribution in [0.5, 0.6) is 5.75 Å². The lowest BCUT2D eigenvalue weighted by atomic mass is 10.1. The molecule has 0 amide bonds. The third-order valence-corrected chi connectivity index (χ3v) is 4.43. The molecule has 0 bridgehead atoms. The van der Waals surface area contributed by atoms with Crippen molar-refractivity contribution < 1.29 is 4.74 Å². The molecule has 3 nitrogen and oxygen atoms in total. The Morgan fingerprint density at radius 3 is 2.42 bits per heavy atom. The van der Waals surface area contributed by atoms with Crippen LogP contribution in [-0.2, 0) is 13.2 Å². The first-order chi connectivity index (χ1) is 12.8. The number of aromatic nitrogens is 1. The molecule has 0 spiro atoms. The predicted octanol–water partition coefficient (Wildman–Crippen LogP) is 5.14. The summed E-state index contributed by atoms with van der Waals surface area (Å²) in [6, 6.07) is 28.3. The molecule has 26 heavy (non-hydrogen) atoms. The molecule has 0 radical (unpaired) electrons. The van der Waals surface area contributed by atoms with Gasteiger partial charge in [0.1, 0.15) is 12.4 Å². The van der Waals surface area contributed by atoms with Crippen molar-refractivity contribution in [3.05, 3.63) is 102 Å². The van der Waals surface area contributed by atoms with Gasteiger partial charge in [-0.15, -0.1) is 0 Å². The molecular formula is C23H18N2O. The molecule has 3 aromatic carbocycles. The van der Waals surface area contributed by atoms with Crippen molar-refractivity contribution in [3.63, 3.8) is 0 Å². The van der Waals surface area contributed by atoms with Crippen LogP contribution in [0, 0.1) is 11.3 Å². The van der Waals surface area contributed by atoms with Crippen LogP contribution in [0.1, 0.15) is 16.7 Å². The van der Waals surface area contributed by atoms with Gasteiger partial charge in [-0.25, -0.2) is 0 Å². The van der Waals surface area contributed by atoms with E-state index in [0.29, 0.717) is 12.2 Å². The number of fused-ring (bicyclic) bond motifs is 1. The fourth-order valence-electron chi connectivity index (χ4n) is 3.03. The maximum Gasteiger partial charge on any atom is 0.120 e. The van der Waals surface area contributed by atoms with Crippen LogP contribution in [0.3, 0.4) is 0 Å². The van der Waals surface area contributed by atoms with E-state index in [-0.39, 0.29) is 0 Å². The molecule has 0 aliphatic carbocycles. The van der Waals surface area contributed by atoms with Crippen molar-refractivity contribution in [2.24, 2.45) is 0 Å². The molecule has 0 aliphatic heterocycles. The quantitative estimate of drug-likeness (QED) is 0.505. The highest BCUT2D eigenvalue weighted by Crippen LogP contribution is 2.23. The summed E-state index contributed by atoms with van der Waals surface area (Å²) >= 11 is 0. The van der Waals surface area contributed by atoms with Gasteiger partial charge in [-0.2, -0.15) is 5.26 Å². The topological polar surface area (TPSA) is 38.0 Å². The molecule has 4 rings (SSSR count). The highest BCUT2D eigenvalue weighted by molar-refractivity contribution is 5.81. The van der Waals surface area contributed by atoms with E-state index in [1.807, 2.05) is 48.5 Å². The first-order valence-corrected chi connectivity index (χ1v) is 8.56. The Bertz CT molecular complexity index is 1060. The summed E-state index contributed by atoms with van der Waals surface area (Å²) in [5.74, 6) is 0.873. The number of hydrogen-bond acceptors (Lipinski definition) is 2. The summed E-state index contributed by atoms with van der Waals surface area (Å²) in [4.78, 5) is 0. The predicted molar refractivity (Wildman–Crippen MR) is 103 cm³/mol. The third-order valence-electron chi connectivity index (χ3n) is 4.43. The molecule has 0 unspecified atom stereocenters. The average molecular weight is 338 g/mol. The second-order valence-electron chi connectivity index (χ2n) is 6.25.